The van der Waals surface area contributed by atoms with Gasteiger partial charge in [-0.2, -0.15) is 0 Å². The van der Waals surface area contributed by atoms with Crippen molar-refractivity contribution in [3.63, 3.8) is 0 Å². The molecule has 0 saturated heterocycles. The molecule has 0 spiro atoms. The summed E-state index contributed by atoms with van der Waals surface area (Å²) in [6.45, 7) is 2.24. The number of hydrogen-bond acceptors (Lipinski definition) is 1. The van der Waals surface area contributed by atoms with Crippen molar-refractivity contribution < 1.29 is 4.42 Å². The summed E-state index contributed by atoms with van der Waals surface area (Å²) < 4.78 is 6.73. The number of aryl methyl sites for hydroxylation is 1. The van der Waals surface area contributed by atoms with E-state index in [1.807, 2.05) is 18.4 Å². The molecule has 0 aliphatic rings. The van der Waals surface area contributed by atoms with Gasteiger partial charge in [0, 0.05) is 10.0 Å². The van der Waals surface area contributed by atoms with Crippen molar-refractivity contribution >= 4 is 15.9 Å². The Balaban J connectivity index is 1.95. The first-order chi connectivity index (χ1) is 8.79. The molecule has 1 aromatic carbocycles. The van der Waals surface area contributed by atoms with Crippen LogP contribution in [0.25, 0.3) is 11.3 Å². The summed E-state index contributed by atoms with van der Waals surface area (Å²) in [5.41, 5.74) is 2.45. The van der Waals surface area contributed by atoms with Gasteiger partial charge in [-0.1, -0.05) is 54.2 Å². The average molecular weight is 307 g/mol. The number of halogens is 1. The number of hydrogen-bond donors (Lipinski definition) is 0. The molecule has 0 aliphatic carbocycles. The van der Waals surface area contributed by atoms with Gasteiger partial charge in [0.15, 0.2) is 0 Å². The molecule has 0 aliphatic heterocycles. The Bertz CT molecular complexity index is 470. The molecule has 18 heavy (non-hydrogen) atoms. The minimum atomic E-state index is 0.966. The van der Waals surface area contributed by atoms with Gasteiger partial charge < -0.3 is 4.42 Å². The molecule has 0 fully saturated rings. The highest BCUT2D eigenvalue weighted by Gasteiger charge is 2.04. The first kappa shape index (κ1) is 13.4. The highest BCUT2D eigenvalue weighted by atomic mass is 79.9. The molecule has 0 atom stereocenters. The fourth-order valence-corrected chi connectivity index (χ4v) is 2.29. The highest BCUT2D eigenvalue weighted by molar-refractivity contribution is 9.10. The summed E-state index contributed by atoms with van der Waals surface area (Å²) in [7, 11) is 0. The van der Waals surface area contributed by atoms with Crippen LogP contribution in [0.1, 0.15) is 38.2 Å². The Hall–Kier alpha value is -1.02. The van der Waals surface area contributed by atoms with Crippen LogP contribution in [-0.4, -0.2) is 0 Å². The Kier molecular flexibility index (Phi) is 5.06. The van der Waals surface area contributed by atoms with Crippen molar-refractivity contribution in [2.24, 2.45) is 0 Å². The molecule has 1 heterocycles. The van der Waals surface area contributed by atoms with E-state index in [2.05, 4.69) is 41.1 Å². The standard InChI is InChI=1S/C16H19BrO/c1-2-3-4-5-6-13-11-16(18-12-13)14-7-9-15(17)10-8-14/h7-12H,2-6H2,1H3. The van der Waals surface area contributed by atoms with Crippen LogP contribution in [-0.2, 0) is 6.42 Å². The molecule has 1 nitrogen and oxygen atoms in total. The van der Waals surface area contributed by atoms with Gasteiger partial charge in [-0.05, 0) is 36.6 Å². The zero-order valence-electron chi connectivity index (χ0n) is 10.8. The first-order valence-corrected chi connectivity index (χ1v) is 7.42. The van der Waals surface area contributed by atoms with Gasteiger partial charge in [-0.3, -0.25) is 0 Å². The summed E-state index contributed by atoms with van der Waals surface area (Å²) in [6.07, 6.45) is 8.21. The van der Waals surface area contributed by atoms with E-state index in [1.165, 1.54) is 31.2 Å². The second-order valence-corrected chi connectivity index (χ2v) is 5.55. The van der Waals surface area contributed by atoms with E-state index >= 15 is 0 Å². The molecule has 0 amide bonds. The molecule has 1 aromatic heterocycles. The van der Waals surface area contributed by atoms with Gasteiger partial charge >= 0.3 is 0 Å². The van der Waals surface area contributed by atoms with Gasteiger partial charge in [0.25, 0.3) is 0 Å². The Labute approximate surface area is 117 Å². The second kappa shape index (κ2) is 6.79. The topological polar surface area (TPSA) is 13.1 Å². The molecule has 0 bridgehead atoms. The van der Waals surface area contributed by atoms with Crippen molar-refractivity contribution in [1.29, 1.82) is 0 Å². The van der Waals surface area contributed by atoms with Crippen LogP contribution in [0.2, 0.25) is 0 Å². The van der Waals surface area contributed by atoms with Crippen LogP contribution in [0.3, 0.4) is 0 Å². The fraction of sp³-hybridized carbons (Fsp3) is 0.375. The van der Waals surface area contributed by atoms with Crippen LogP contribution < -0.4 is 0 Å². The third-order valence-electron chi connectivity index (χ3n) is 3.10. The zero-order chi connectivity index (χ0) is 12.8. The lowest BCUT2D eigenvalue weighted by atomic mass is 10.1. The maximum Gasteiger partial charge on any atom is 0.134 e. The Morgan fingerprint density at radius 2 is 1.83 bits per heavy atom. The van der Waals surface area contributed by atoms with E-state index in [-0.39, 0.29) is 0 Å². The van der Waals surface area contributed by atoms with E-state index < -0.39 is 0 Å². The van der Waals surface area contributed by atoms with E-state index in [9.17, 15) is 0 Å². The van der Waals surface area contributed by atoms with E-state index in [1.54, 1.807) is 0 Å². The monoisotopic (exact) mass is 306 g/mol. The molecule has 2 heteroatoms. The summed E-state index contributed by atoms with van der Waals surface area (Å²) in [5, 5.41) is 0. The Morgan fingerprint density at radius 1 is 1.06 bits per heavy atom. The van der Waals surface area contributed by atoms with Crippen LogP contribution in [0.5, 0.6) is 0 Å². The SMILES string of the molecule is CCCCCCc1coc(-c2ccc(Br)cc2)c1. The van der Waals surface area contributed by atoms with Crippen molar-refractivity contribution in [2.45, 2.75) is 39.0 Å². The molecule has 0 saturated carbocycles. The van der Waals surface area contributed by atoms with Gasteiger partial charge in [0.1, 0.15) is 5.76 Å². The van der Waals surface area contributed by atoms with Crippen LogP contribution in [0, 0.1) is 0 Å². The second-order valence-electron chi connectivity index (χ2n) is 4.64. The van der Waals surface area contributed by atoms with E-state index in [0.29, 0.717) is 0 Å². The van der Waals surface area contributed by atoms with Crippen LogP contribution in [0.15, 0.2) is 45.5 Å². The summed E-state index contributed by atoms with van der Waals surface area (Å²) in [4.78, 5) is 0. The van der Waals surface area contributed by atoms with Crippen molar-refractivity contribution in [3.05, 3.63) is 46.6 Å². The number of benzene rings is 1. The van der Waals surface area contributed by atoms with Gasteiger partial charge in [-0.15, -0.1) is 0 Å². The lowest BCUT2D eigenvalue weighted by molar-refractivity contribution is 0.575. The predicted octanol–water partition coefficient (Wildman–Crippen LogP) is 5.83. The normalized spacial score (nSPS) is 10.8. The highest BCUT2D eigenvalue weighted by Crippen LogP contribution is 2.24. The van der Waals surface area contributed by atoms with Crippen molar-refractivity contribution in [1.82, 2.24) is 0 Å². The minimum absolute atomic E-state index is 0.966. The zero-order valence-corrected chi connectivity index (χ0v) is 12.4. The average Bonchev–Trinajstić information content (AvgIpc) is 2.84. The summed E-state index contributed by atoms with van der Waals surface area (Å²) >= 11 is 3.44. The Morgan fingerprint density at radius 3 is 2.56 bits per heavy atom. The lowest BCUT2D eigenvalue weighted by Gasteiger charge is -1.97. The maximum absolute atomic E-state index is 5.63. The van der Waals surface area contributed by atoms with Crippen LogP contribution >= 0.6 is 15.9 Å². The van der Waals surface area contributed by atoms with Crippen molar-refractivity contribution in [3.8, 4) is 11.3 Å². The maximum atomic E-state index is 5.63. The minimum Gasteiger partial charge on any atom is -0.464 e. The van der Waals surface area contributed by atoms with Gasteiger partial charge in [-0.25, -0.2) is 0 Å². The number of furan rings is 1. The third kappa shape index (κ3) is 3.74. The molecular weight excluding hydrogens is 288 g/mol. The molecule has 96 valence electrons. The summed E-state index contributed by atoms with van der Waals surface area (Å²) in [5.74, 6) is 0.966. The van der Waals surface area contributed by atoms with E-state index in [4.69, 9.17) is 4.42 Å². The largest absolute Gasteiger partial charge is 0.464 e. The fourth-order valence-electron chi connectivity index (χ4n) is 2.03. The number of rotatable bonds is 6. The smallest absolute Gasteiger partial charge is 0.134 e. The molecule has 0 unspecified atom stereocenters. The quantitative estimate of drug-likeness (QED) is 0.612. The van der Waals surface area contributed by atoms with E-state index in [0.717, 1.165) is 22.2 Å². The molecule has 0 N–H and O–H groups in total. The molecule has 2 aromatic rings. The van der Waals surface area contributed by atoms with Crippen molar-refractivity contribution in [2.75, 3.05) is 0 Å². The lowest BCUT2D eigenvalue weighted by Crippen LogP contribution is -1.82. The van der Waals surface area contributed by atoms with Crippen LogP contribution in [0.4, 0.5) is 0 Å². The number of unbranched alkanes of at least 4 members (excludes halogenated alkanes) is 3. The predicted molar refractivity (Wildman–Crippen MR) is 79.7 cm³/mol. The molecular formula is C16H19BrO. The molecule has 2 rings (SSSR count). The summed E-state index contributed by atoms with van der Waals surface area (Å²) in [6, 6.07) is 10.4. The third-order valence-corrected chi connectivity index (χ3v) is 3.63. The first-order valence-electron chi connectivity index (χ1n) is 6.63. The van der Waals surface area contributed by atoms with Gasteiger partial charge in [0.2, 0.25) is 0 Å². The molecule has 0 radical (unpaired) electrons. The van der Waals surface area contributed by atoms with Gasteiger partial charge in [0.05, 0.1) is 6.26 Å².